The average molecular weight is 412 g/mol. The standard InChI is InChI=1S/C20H27F2NO4Si/c1-15-11-19(17(24)26-2,20(21,22)28(3,4)5)14-23(12-15)18(25)27-13-16-9-7-6-8-10-16/h6-10H,1,11-14H2,2-5H3. The Morgan fingerprint density at radius 3 is 2.39 bits per heavy atom. The minimum Gasteiger partial charge on any atom is -0.468 e. The van der Waals surface area contributed by atoms with E-state index >= 15 is 8.78 Å². The van der Waals surface area contributed by atoms with Gasteiger partial charge in [-0.05, 0) is 12.0 Å². The molecule has 1 aromatic rings. The van der Waals surface area contributed by atoms with Crippen molar-refractivity contribution in [3.63, 3.8) is 0 Å². The van der Waals surface area contributed by atoms with E-state index in [0.717, 1.165) is 17.6 Å². The van der Waals surface area contributed by atoms with Gasteiger partial charge in [-0.2, -0.15) is 0 Å². The number of methoxy groups -OCH3 is 1. The molecule has 0 N–H and O–H groups in total. The van der Waals surface area contributed by atoms with Crippen molar-refractivity contribution in [3.05, 3.63) is 48.0 Å². The lowest BCUT2D eigenvalue weighted by Gasteiger charge is -2.48. The zero-order valence-electron chi connectivity index (χ0n) is 16.8. The number of carbonyl (C=O) groups is 2. The van der Waals surface area contributed by atoms with E-state index in [1.807, 2.05) is 18.2 Å². The molecule has 0 bridgehead atoms. The Labute approximate surface area is 165 Å². The second kappa shape index (κ2) is 8.03. The van der Waals surface area contributed by atoms with E-state index in [4.69, 9.17) is 9.47 Å². The van der Waals surface area contributed by atoms with Crippen LogP contribution in [-0.2, 0) is 20.9 Å². The summed E-state index contributed by atoms with van der Waals surface area (Å²) < 4.78 is 41.1. The number of piperidine rings is 1. The molecule has 5 nitrogen and oxygen atoms in total. The van der Waals surface area contributed by atoms with Gasteiger partial charge in [0.05, 0.1) is 7.11 Å². The lowest BCUT2D eigenvalue weighted by Crippen LogP contribution is -2.66. The Hall–Kier alpha value is -2.22. The first-order valence-corrected chi connectivity index (χ1v) is 12.5. The number of halogens is 2. The molecule has 28 heavy (non-hydrogen) atoms. The van der Waals surface area contributed by atoms with Gasteiger partial charge in [-0.15, -0.1) is 0 Å². The fourth-order valence-electron chi connectivity index (χ4n) is 3.52. The van der Waals surface area contributed by atoms with Crippen LogP contribution in [0, 0.1) is 5.41 Å². The number of rotatable bonds is 5. The summed E-state index contributed by atoms with van der Waals surface area (Å²) in [6, 6.07) is 9.04. The third kappa shape index (κ3) is 4.11. The molecule has 1 aliphatic heterocycles. The van der Waals surface area contributed by atoms with Crippen LogP contribution in [0.2, 0.25) is 19.6 Å². The molecule has 0 aliphatic carbocycles. The van der Waals surface area contributed by atoms with Crippen LogP contribution in [0.4, 0.5) is 13.6 Å². The molecule has 8 heteroatoms. The van der Waals surface area contributed by atoms with Gasteiger partial charge in [0.2, 0.25) is 5.55 Å². The van der Waals surface area contributed by atoms with E-state index < -0.39 is 37.6 Å². The Bertz CT molecular complexity index is 748. The summed E-state index contributed by atoms with van der Waals surface area (Å²) in [7, 11) is -2.06. The quantitative estimate of drug-likeness (QED) is 0.413. The Morgan fingerprint density at radius 2 is 1.86 bits per heavy atom. The van der Waals surface area contributed by atoms with Crippen molar-refractivity contribution < 1.29 is 27.8 Å². The number of hydrogen-bond acceptors (Lipinski definition) is 4. The van der Waals surface area contributed by atoms with Crippen LogP contribution in [0.25, 0.3) is 0 Å². The van der Waals surface area contributed by atoms with Crippen LogP contribution in [0.1, 0.15) is 12.0 Å². The van der Waals surface area contributed by atoms with Gasteiger partial charge in [-0.1, -0.05) is 62.1 Å². The topological polar surface area (TPSA) is 55.8 Å². The van der Waals surface area contributed by atoms with Gasteiger partial charge in [-0.3, -0.25) is 4.79 Å². The monoisotopic (exact) mass is 411 g/mol. The van der Waals surface area contributed by atoms with Gasteiger partial charge in [-0.25, -0.2) is 13.6 Å². The molecule has 0 spiro atoms. The molecule has 0 saturated carbocycles. The first-order chi connectivity index (χ1) is 12.9. The number of esters is 1. The lowest BCUT2D eigenvalue weighted by molar-refractivity contribution is -0.174. The fourth-order valence-corrected chi connectivity index (χ4v) is 5.22. The second-order valence-electron chi connectivity index (χ2n) is 8.22. The number of carbonyl (C=O) groups excluding carboxylic acids is 2. The molecule has 0 aromatic heterocycles. The molecule has 1 aliphatic rings. The van der Waals surface area contributed by atoms with E-state index in [9.17, 15) is 9.59 Å². The molecule has 154 valence electrons. The molecular weight excluding hydrogens is 384 g/mol. The van der Waals surface area contributed by atoms with Crippen molar-refractivity contribution in [1.82, 2.24) is 4.90 Å². The van der Waals surface area contributed by atoms with Crippen LogP contribution in [0.3, 0.4) is 0 Å². The van der Waals surface area contributed by atoms with Crippen molar-refractivity contribution in [2.24, 2.45) is 5.41 Å². The number of alkyl halides is 2. The third-order valence-corrected chi connectivity index (χ3v) is 7.37. The molecule has 1 saturated heterocycles. The second-order valence-corrected chi connectivity index (χ2v) is 13.3. The Balaban J connectivity index is 2.29. The highest BCUT2D eigenvalue weighted by Crippen LogP contribution is 2.50. The van der Waals surface area contributed by atoms with Gasteiger partial charge >= 0.3 is 12.1 Å². The molecular formula is C20H27F2NO4Si. The molecule has 1 amide bonds. The maximum atomic E-state index is 15.5. The minimum absolute atomic E-state index is 0.0122. The maximum absolute atomic E-state index is 15.5. The zero-order chi connectivity index (χ0) is 21.2. The predicted octanol–water partition coefficient (Wildman–Crippen LogP) is 4.26. The Kier molecular flexibility index (Phi) is 6.33. The summed E-state index contributed by atoms with van der Waals surface area (Å²) in [5.41, 5.74) is -4.33. The van der Waals surface area contributed by atoms with Gasteiger partial charge in [0.25, 0.3) is 0 Å². The van der Waals surface area contributed by atoms with Gasteiger partial charge in [0.15, 0.2) is 0 Å². The molecule has 0 radical (unpaired) electrons. The summed E-state index contributed by atoms with van der Waals surface area (Å²) in [5.74, 6) is -1.03. The van der Waals surface area contributed by atoms with Crippen LogP contribution < -0.4 is 0 Å². The molecule has 1 aromatic carbocycles. The van der Waals surface area contributed by atoms with Crippen molar-refractivity contribution in [2.75, 3.05) is 20.2 Å². The van der Waals surface area contributed by atoms with Crippen LogP contribution in [0.15, 0.2) is 42.5 Å². The van der Waals surface area contributed by atoms with Gasteiger partial charge in [0.1, 0.15) is 20.1 Å². The summed E-state index contributed by atoms with van der Waals surface area (Å²) in [6.07, 6.45) is -0.983. The number of amides is 1. The summed E-state index contributed by atoms with van der Waals surface area (Å²) in [4.78, 5) is 26.3. The van der Waals surface area contributed by atoms with Gasteiger partial charge in [0, 0.05) is 13.1 Å². The smallest absolute Gasteiger partial charge is 0.410 e. The van der Waals surface area contributed by atoms with Crippen LogP contribution >= 0.6 is 0 Å². The molecule has 2 rings (SSSR count). The fraction of sp³-hybridized carbons (Fsp3) is 0.500. The maximum Gasteiger partial charge on any atom is 0.410 e. The largest absolute Gasteiger partial charge is 0.468 e. The molecule has 1 heterocycles. The number of likely N-dealkylation sites (tertiary alicyclic amines) is 1. The first-order valence-electron chi connectivity index (χ1n) is 9.03. The van der Waals surface area contributed by atoms with Crippen molar-refractivity contribution in [2.45, 2.75) is 38.2 Å². The van der Waals surface area contributed by atoms with Crippen molar-refractivity contribution in [3.8, 4) is 0 Å². The number of hydrogen-bond donors (Lipinski definition) is 0. The summed E-state index contributed by atoms with van der Waals surface area (Å²) in [5, 5.41) is 0. The Morgan fingerprint density at radius 1 is 1.25 bits per heavy atom. The van der Waals surface area contributed by atoms with E-state index in [0.29, 0.717) is 5.57 Å². The van der Waals surface area contributed by atoms with Crippen molar-refractivity contribution in [1.29, 1.82) is 0 Å². The molecule has 1 fully saturated rings. The highest BCUT2D eigenvalue weighted by molar-refractivity contribution is 6.78. The summed E-state index contributed by atoms with van der Waals surface area (Å²) >= 11 is 0. The van der Waals surface area contributed by atoms with E-state index in [2.05, 4.69) is 6.58 Å². The lowest BCUT2D eigenvalue weighted by atomic mass is 9.78. The predicted molar refractivity (Wildman–Crippen MR) is 105 cm³/mol. The molecule has 1 unspecified atom stereocenters. The van der Waals surface area contributed by atoms with E-state index in [1.165, 1.54) is 19.6 Å². The SMILES string of the molecule is C=C1CN(C(=O)OCc2ccccc2)CC(C(=O)OC)(C(F)(F)[Si](C)(C)C)C1. The van der Waals surface area contributed by atoms with Gasteiger partial charge < -0.3 is 14.4 Å². The van der Waals surface area contributed by atoms with E-state index in [-0.39, 0.29) is 19.6 Å². The summed E-state index contributed by atoms with van der Waals surface area (Å²) in [6.45, 7) is 7.88. The number of benzene rings is 1. The first kappa shape index (κ1) is 22.1. The van der Waals surface area contributed by atoms with E-state index in [1.54, 1.807) is 12.1 Å². The average Bonchev–Trinajstić information content (AvgIpc) is 2.64. The third-order valence-electron chi connectivity index (χ3n) is 5.01. The van der Waals surface area contributed by atoms with Crippen LogP contribution in [0.5, 0.6) is 0 Å². The molecule has 1 atom stereocenters. The van der Waals surface area contributed by atoms with Crippen molar-refractivity contribution >= 4 is 20.1 Å². The van der Waals surface area contributed by atoms with Crippen LogP contribution in [-0.4, -0.2) is 50.8 Å². The minimum atomic E-state index is -3.31. The highest BCUT2D eigenvalue weighted by Gasteiger charge is 2.67. The normalized spacial score (nSPS) is 20.6. The highest BCUT2D eigenvalue weighted by atomic mass is 28.3. The number of ether oxygens (including phenoxy) is 2. The zero-order valence-corrected chi connectivity index (χ0v) is 17.8. The number of nitrogens with zero attached hydrogens (tertiary/aromatic N) is 1.